The van der Waals surface area contributed by atoms with Crippen LogP contribution in [-0.2, 0) is 4.79 Å². The summed E-state index contributed by atoms with van der Waals surface area (Å²) in [6.07, 6.45) is 5.18. The fourth-order valence-electron chi connectivity index (χ4n) is 2.66. The quantitative estimate of drug-likeness (QED) is 0.753. The summed E-state index contributed by atoms with van der Waals surface area (Å²) < 4.78 is 26.8. The second-order valence-electron chi connectivity index (χ2n) is 4.91. The predicted molar refractivity (Wildman–Crippen MR) is 57.6 cm³/mol. The average Bonchev–Trinajstić information content (AvgIpc) is 2.40. The molecule has 0 aliphatic heterocycles. The van der Waals surface area contributed by atoms with Crippen molar-refractivity contribution in [3.63, 3.8) is 0 Å². The lowest BCUT2D eigenvalue weighted by atomic mass is 9.80. The molecule has 0 aromatic carbocycles. The van der Waals surface area contributed by atoms with Gasteiger partial charge in [-0.15, -0.1) is 0 Å². The Balaban J connectivity index is 2.69. The number of carbonyl (C=O) groups is 1. The molecule has 0 radical (unpaired) electrons. The summed E-state index contributed by atoms with van der Waals surface area (Å²) in [6, 6.07) is 0. The highest BCUT2D eigenvalue weighted by molar-refractivity contribution is 5.67. The zero-order chi connectivity index (χ0) is 12.2. The fraction of sp³-hybridized carbons (Fsp3) is 0.917. The molecular formula is C12H20F2O2. The van der Waals surface area contributed by atoms with Crippen molar-refractivity contribution >= 4 is 5.97 Å². The van der Waals surface area contributed by atoms with Crippen LogP contribution in [0.3, 0.4) is 0 Å². The molecule has 0 aromatic heterocycles. The molecule has 1 fully saturated rings. The van der Waals surface area contributed by atoms with Gasteiger partial charge in [0.15, 0.2) is 0 Å². The second kappa shape index (κ2) is 5.60. The number of hydrogen-bond donors (Lipinski definition) is 1. The molecule has 0 aromatic rings. The van der Waals surface area contributed by atoms with Crippen molar-refractivity contribution in [3.05, 3.63) is 0 Å². The Morgan fingerprint density at radius 2 is 1.81 bits per heavy atom. The lowest BCUT2D eigenvalue weighted by Gasteiger charge is -2.29. The highest BCUT2D eigenvalue weighted by Gasteiger charge is 2.40. The van der Waals surface area contributed by atoms with Crippen molar-refractivity contribution in [1.29, 1.82) is 0 Å². The number of carboxylic acids is 1. The van der Waals surface area contributed by atoms with E-state index in [1.165, 1.54) is 0 Å². The van der Waals surface area contributed by atoms with Crippen molar-refractivity contribution in [3.8, 4) is 0 Å². The lowest BCUT2D eigenvalue weighted by molar-refractivity contribution is -0.145. The molecule has 0 bridgehead atoms. The maximum absolute atomic E-state index is 13.4. The summed E-state index contributed by atoms with van der Waals surface area (Å²) in [4.78, 5) is 10.7. The lowest BCUT2D eigenvalue weighted by Crippen LogP contribution is -2.33. The van der Waals surface area contributed by atoms with Gasteiger partial charge < -0.3 is 5.11 Å². The van der Waals surface area contributed by atoms with Gasteiger partial charge in [0.2, 0.25) is 5.92 Å². The Morgan fingerprint density at radius 3 is 2.19 bits per heavy atom. The molecule has 4 heteroatoms. The van der Waals surface area contributed by atoms with Gasteiger partial charge in [-0.05, 0) is 25.7 Å². The van der Waals surface area contributed by atoms with Crippen LogP contribution in [0.4, 0.5) is 8.78 Å². The third-order valence-corrected chi connectivity index (χ3v) is 3.51. The molecule has 1 N–H and O–H groups in total. The van der Waals surface area contributed by atoms with Crippen molar-refractivity contribution in [1.82, 2.24) is 0 Å². The standard InChI is InChI=1S/C12H20F2O2/c1-12(13,14)10(8-11(15)16)9-6-4-2-3-5-7-9/h9-10H,2-8H2,1H3,(H,15,16). The summed E-state index contributed by atoms with van der Waals surface area (Å²) in [7, 11) is 0. The molecule has 1 saturated carbocycles. The van der Waals surface area contributed by atoms with E-state index in [1.54, 1.807) is 0 Å². The van der Waals surface area contributed by atoms with Crippen LogP contribution >= 0.6 is 0 Å². The van der Waals surface area contributed by atoms with Crippen LogP contribution in [0.2, 0.25) is 0 Å². The molecule has 1 aliphatic rings. The van der Waals surface area contributed by atoms with E-state index in [4.69, 9.17) is 5.11 Å². The van der Waals surface area contributed by atoms with Gasteiger partial charge in [-0.25, -0.2) is 8.78 Å². The molecule has 16 heavy (non-hydrogen) atoms. The van der Waals surface area contributed by atoms with Gasteiger partial charge >= 0.3 is 5.97 Å². The van der Waals surface area contributed by atoms with Gasteiger partial charge in [0, 0.05) is 5.92 Å². The Morgan fingerprint density at radius 1 is 1.31 bits per heavy atom. The summed E-state index contributed by atoms with van der Waals surface area (Å²) in [5.41, 5.74) is 0. The smallest absolute Gasteiger partial charge is 0.303 e. The van der Waals surface area contributed by atoms with Crippen LogP contribution in [0.1, 0.15) is 51.9 Å². The number of hydrogen-bond acceptors (Lipinski definition) is 1. The van der Waals surface area contributed by atoms with Crippen LogP contribution in [0, 0.1) is 11.8 Å². The van der Waals surface area contributed by atoms with Crippen LogP contribution in [0.5, 0.6) is 0 Å². The molecule has 1 rings (SSSR count). The molecule has 1 atom stereocenters. The first-order valence-electron chi connectivity index (χ1n) is 6.01. The van der Waals surface area contributed by atoms with Gasteiger partial charge in [-0.2, -0.15) is 0 Å². The zero-order valence-corrected chi connectivity index (χ0v) is 9.72. The summed E-state index contributed by atoms with van der Waals surface area (Å²) in [5, 5.41) is 8.71. The highest BCUT2D eigenvalue weighted by atomic mass is 19.3. The third kappa shape index (κ3) is 4.06. The minimum absolute atomic E-state index is 0.126. The molecule has 0 heterocycles. The van der Waals surface area contributed by atoms with Crippen LogP contribution < -0.4 is 0 Å². The largest absolute Gasteiger partial charge is 0.481 e. The van der Waals surface area contributed by atoms with E-state index < -0.39 is 24.2 Å². The second-order valence-corrected chi connectivity index (χ2v) is 4.91. The zero-order valence-electron chi connectivity index (χ0n) is 9.72. The number of rotatable bonds is 4. The Labute approximate surface area is 95.0 Å². The van der Waals surface area contributed by atoms with E-state index in [9.17, 15) is 13.6 Å². The normalized spacial score (nSPS) is 21.4. The van der Waals surface area contributed by atoms with E-state index in [1.807, 2.05) is 0 Å². The predicted octanol–water partition coefficient (Wildman–Crippen LogP) is 3.70. The van der Waals surface area contributed by atoms with Gasteiger partial charge in [0.1, 0.15) is 0 Å². The van der Waals surface area contributed by atoms with Crippen LogP contribution in [0.25, 0.3) is 0 Å². The molecule has 94 valence electrons. The van der Waals surface area contributed by atoms with E-state index in [2.05, 4.69) is 0 Å². The Kier molecular flexibility index (Phi) is 4.69. The van der Waals surface area contributed by atoms with Gasteiger partial charge in [-0.3, -0.25) is 4.79 Å². The van der Waals surface area contributed by atoms with E-state index in [0.717, 1.165) is 45.4 Å². The van der Waals surface area contributed by atoms with E-state index in [-0.39, 0.29) is 5.92 Å². The molecular weight excluding hydrogens is 214 g/mol. The average molecular weight is 234 g/mol. The topological polar surface area (TPSA) is 37.3 Å². The molecule has 0 amide bonds. The number of aliphatic carboxylic acids is 1. The first kappa shape index (κ1) is 13.4. The summed E-state index contributed by atoms with van der Waals surface area (Å²) in [6.45, 7) is 0.853. The van der Waals surface area contributed by atoms with E-state index >= 15 is 0 Å². The Hall–Kier alpha value is -0.670. The highest BCUT2D eigenvalue weighted by Crippen LogP contribution is 2.39. The maximum Gasteiger partial charge on any atom is 0.303 e. The van der Waals surface area contributed by atoms with Crippen LogP contribution in [0.15, 0.2) is 0 Å². The van der Waals surface area contributed by atoms with Crippen LogP contribution in [-0.4, -0.2) is 17.0 Å². The molecule has 0 spiro atoms. The van der Waals surface area contributed by atoms with Crippen molar-refractivity contribution < 1.29 is 18.7 Å². The minimum Gasteiger partial charge on any atom is -0.481 e. The van der Waals surface area contributed by atoms with Gasteiger partial charge in [-0.1, -0.05) is 25.7 Å². The minimum atomic E-state index is -2.88. The summed E-state index contributed by atoms with van der Waals surface area (Å²) in [5.74, 6) is -5.12. The van der Waals surface area contributed by atoms with Gasteiger partial charge in [0.25, 0.3) is 0 Å². The number of alkyl halides is 2. The molecule has 1 aliphatic carbocycles. The van der Waals surface area contributed by atoms with Crippen molar-refractivity contribution in [2.24, 2.45) is 11.8 Å². The van der Waals surface area contributed by atoms with Crippen molar-refractivity contribution in [2.45, 2.75) is 57.8 Å². The maximum atomic E-state index is 13.4. The first-order chi connectivity index (χ1) is 7.41. The summed E-state index contributed by atoms with van der Waals surface area (Å²) >= 11 is 0. The SMILES string of the molecule is CC(F)(F)C(CC(=O)O)C1CCCCCC1. The molecule has 0 saturated heterocycles. The van der Waals surface area contributed by atoms with E-state index in [0.29, 0.717) is 0 Å². The molecule has 1 unspecified atom stereocenters. The van der Waals surface area contributed by atoms with Gasteiger partial charge in [0.05, 0.1) is 6.42 Å². The number of halogens is 2. The fourth-order valence-corrected chi connectivity index (χ4v) is 2.66. The monoisotopic (exact) mass is 234 g/mol. The molecule has 2 nitrogen and oxygen atoms in total. The third-order valence-electron chi connectivity index (χ3n) is 3.51. The van der Waals surface area contributed by atoms with Crippen molar-refractivity contribution in [2.75, 3.05) is 0 Å². The number of carboxylic acid groups (broad SMARTS) is 1. The first-order valence-corrected chi connectivity index (χ1v) is 6.01. The Bertz CT molecular complexity index is 228.